The summed E-state index contributed by atoms with van der Waals surface area (Å²) in [5.74, 6) is 0.741. The minimum absolute atomic E-state index is 0.0851. The molecule has 0 fully saturated rings. The summed E-state index contributed by atoms with van der Waals surface area (Å²) in [6, 6.07) is 14.5. The summed E-state index contributed by atoms with van der Waals surface area (Å²) in [5, 5.41) is 12.0. The lowest BCUT2D eigenvalue weighted by Gasteiger charge is -2.12. The Morgan fingerprint density at radius 3 is 2.90 bits per heavy atom. The second kappa shape index (κ2) is 7.09. The molecule has 1 atom stereocenters. The van der Waals surface area contributed by atoms with Crippen LogP contribution in [0.4, 0.5) is 0 Å². The average Bonchev–Trinajstić information content (AvgIpc) is 2.90. The minimum atomic E-state index is 0.0851. The highest BCUT2D eigenvalue weighted by atomic mass is 32.1. The van der Waals surface area contributed by atoms with Crippen LogP contribution in [-0.2, 0) is 6.54 Å². The van der Waals surface area contributed by atoms with E-state index in [1.165, 1.54) is 9.75 Å². The van der Waals surface area contributed by atoms with Crippen molar-refractivity contribution in [3.8, 4) is 11.8 Å². The van der Waals surface area contributed by atoms with E-state index < -0.39 is 0 Å². The first-order chi connectivity index (χ1) is 9.69. The lowest BCUT2D eigenvalue weighted by Crippen LogP contribution is -2.17. The molecular formula is C16H18N2OS. The predicted octanol–water partition coefficient (Wildman–Crippen LogP) is 3.81. The van der Waals surface area contributed by atoms with Crippen molar-refractivity contribution < 1.29 is 4.74 Å². The van der Waals surface area contributed by atoms with Gasteiger partial charge in [-0.05, 0) is 43.7 Å². The first-order valence-electron chi connectivity index (χ1n) is 6.57. The Morgan fingerprint density at radius 1 is 1.35 bits per heavy atom. The number of rotatable bonds is 6. The number of nitriles is 1. The lowest BCUT2D eigenvalue weighted by molar-refractivity contribution is 0.367. The molecule has 1 N–H and O–H groups in total. The largest absolute Gasteiger partial charge is 0.479 e. The quantitative estimate of drug-likeness (QED) is 0.878. The third kappa shape index (κ3) is 4.09. The Balaban J connectivity index is 1.92. The molecule has 0 radical (unpaired) electrons. The van der Waals surface area contributed by atoms with Crippen LogP contribution in [0.25, 0.3) is 0 Å². The predicted molar refractivity (Wildman–Crippen MR) is 81.9 cm³/mol. The maximum atomic E-state index is 8.51. The van der Waals surface area contributed by atoms with Crippen LogP contribution in [0, 0.1) is 18.3 Å². The summed E-state index contributed by atoms with van der Waals surface area (Å²) in [7, 11) is 0. The Morgan fingerprint density at radius 2 is 2.20 bits per heavy atom. The van der Waals surface area contributed by atoms with Crippen molar-refractivity contribution in [1.29, 1.82) is 5.26 Å². The van der Waals surface area contributed by atoms with Gasteiger partial charge in [0.05, 0.1) is 0 Å². The molecule has 0 saturated carbocycles. The Bertz CT molecular complexity index is 601. The van der Waals surface area contributed by atoms with Gasteiger partial charge in [0.1, 0.15) is 11.8 Å². The van der Waals surface area contributed by atoms with E-state index in [1.807, 2.05) is 35.6 Å². The Labute approximate surface area is 123 Å². The monoisotopic (exact) mass is 286 g/mol. The van der Waals surface area contributed by atoms with Crippen molar-refractivity contribution in [2.24, 2.45) is 0 Å². The first kappa shape index (κ1) is 14.6. The molecule has 1 heterocycles. The summed E-state index contributed by atoms with van der Waals surface area (Å²) in [4.78, 5) is 2.68. The minimum Gasteiger partial charge on any atom is -0.479 e. The molecule has 4 heteroatoms. The van der Waals surface area contributed by atoms with Gasteiger partial charge in [0.2, 0.25) is 0 Å². The third-order valence-corrected chi connectivity index (χ3v) is 4.19. The standard InChI is InChI=1S/C16H18N2OS/c1-12-6-7-16(20-12)13(2)18-11-14-4-3-5-15(10-14)19-9-8-17/h3-7,10,13,18H,9,11H2,1-2H3. The molecule has 0 aliphatic heterocycles. The molecule has 104 valence electrons. The number of ether oxygens (including phenoxy) is 1. The molecule has 0 bridgehead atoms. The van der Waals surface area contributed by atoms with Crippen LogP contribution in [0.3, 0.4) is 0 Å². The SMILES string of the molecule is Cc1ccc(C(C)NCc2cccc(OCC#N)c2)s1. The molecule has 2 rings (SSSR count). The number of hydrogen-bond donors (Lipinski definition) is 1. The topological polar surface area (TPSA) is 45.0 Å². The molecule has 1 unspecified atom stereocenters. The van der Waals surface area contributed by atoms with Gasteiger partial charge in [-0.2, -0.15) is 5.26 Å². The van der Waals surface area contributed by atoms with Gasteiger partial charge in [-0.1, -0.05) is 12.1 Å². The summed E-state index contributed by atoms with van der Waals surface area (Å²) >= 11 is 1.82. The van der Waals surface area contributed by atoms with Crippen molar-refractivity contribution in [1.82, 2.24) is 5.32 Å². The number of thiophene rings is 1. The van der Waals surface area contributed by atoms with E-state index in [2.05, 4.69) is 37.4 Å². The molecule has 3 nitrogen and oxygen atoms in total. The first-order valence-corrected chi connectivity index (χ1v) is 7.39. The molecule has 0 amide bonds. The zero-order valence-electron chi connectivity index (χ0n) is 11.7. The summed E-state index contributed by atoms with van der Waals surface area (Å²) in [5.41, 5.74) is 1.15. The molecule has 0 aliphatic carbocycles. The molecule has 1 aromatic heterocycles. The van der Waals surface area contributed by atoms with E-state index in [4.69, 9.17) is 10.00 Å². The van der Waals surface area contributed by atoms with Crippen LogP contribution in [-0.4, -0.2) is 6.61 Å². The average molecular weight is 286 g/mol. The maximum Gasteiger partial charge on any atom is 0.174 e. The highest BCUT2D eigenvalue weighted by Crippen LogP contribution is 2.23. The number of aryl methyl sites for hydroxylation is 1. The van der Waals surface area contributed by atoms with E-state index in [-0.39, 0.29) is 6.61 Å². The van der Waals surface area contributed by atoms with E-state index in [9.17, 15) is 0 Å². The van der Waals surface area contributed by atoms with Crippen LogP contribution in [0.2, 0.25) is 0 Å². The molecule has 2 aromatic rings. The molecule has 0 saturated heterocycles. The summed E-state index contributed by atoms with van der Waals surface area (Å²) in [6.07, 6.45) is 0. The third-order valence-electron chi connectivity index (χ3n) is 3.00. The van der Waals surface area contributed by atoms with E-state index >= 15 is 0 Å². The van der Waals surface area contributed by atoms with Crippen LogP contribution < -0.4 is 10.1 Å². The number of nitrogens with one attached hydrogen (secondary N) is 1. The number of benzene rings is 1. The maximum absolute atomic E-state index is 8.51. The van der Waals surface area contributed by atoms with Crippen LogP contribution in [0.15, 0.2) is 36.4 Å². The van der Waals surface area contributed by atoms with Crippen molar-refractivity contribution in [2.75, 3.05) is 6.61 Å². The number of nitrogens with zero attached hydrogens (tertiary/aromatic N) is 1. The van der Waals surface area contributed by atoms with E-state index in [0.717, 1.165) is 17.9 Å². The van der Waals surface area contributed by atoms with Crippen molar-refractivity contribution in [3.63, 3.8) is 0 Å². The molecule has 20 heavy (non-hydrogen) atoms. The zero-order chi connectivity index (χ0) is 14.4. The smallest absolute Gasteiger partial charge is 0.174 e. The van der Waals surface area contributed by atoms with Gasteiger partial charge in [0.25, 0.3) is 0 Å². The van der Waals surface area contributed by atoms with Gasteiger partial charge in [0, 0.05) is 22.3 Å². The van der Waals surface area contributed by atoms with Crippen LogP contribution in [0.1, 0.15) is 28.3 Å². The second-order valence-corrected chi connectivity index (χ2v) is 5.96. The van der Waals surface area contributed by atoms with E-state index in [0.29, 0.717) is 6.04 Å². The zero-order valence-corrected chi connectivity index (χ0v) is 12.5. The van der Waals surface area contributed by atoms with Gasteiger partial charge in [-0.15, -0.1) is 11.3 Å². The molecule has 0 aliphatic rings. The molecule has 1 aromatic carbocycles. The Kier molecular flexibility index (Phi) is 5.16. The van der Waals surface area contributed by atoms with Crippen LogP contribution >= 0.6 is 11.3 Å². The van der Waals surface area contributed by atoms with Gasteiger partial charge >= 0.3 is 0 Å². The second-order valence-electron chi connectivity index (χ2n) is 4.65. The van der Waals surface area contributed by atoms with Gasteiger partial charge in [0.15, 0.2) is 6.61 Å². The summed E-state index contributed by atoms with van der Waals surface area (Å²) in [6.45, 7) is 5.15. The van der Waals surface area contributed by atoms with Crippen LogP contribution in [0.5, 0.6) is 5.75 Å². The Hall–Kier alpha value is -1.83. The lowest BCUT2D eigenvalue weighted by atomic mass is 10.2. The van der Waals surface area contributed by atoms with E-state index in [1.54, 1.807) is 0 Å². The fourth-order valence-electron chi connectivity index (χ4n) is 1.92. The normalized spacial score (nSPS) is 11.8. The molecule has 0 spiro atoms. The van der Waals surface area contributed by atoms with Gasteiger partial charge in [-0.3, -0.25) is 0 Å². The van der Waals surface area contributed by atoms with Crippen molar-refractivity contribution >= 4 is 11.3 Å². The van der Waals surface area contributed by atoms with Crippen molar-refractivity contribution in [2.45, 2.75) is 26.4 Å². The highest BCUT2D eigenvalue weighted by Gasteiger charge is 2.07. The molecular weight excluding hydrogens is 268 g/mol. The fourth-order valence-corrected chi connectivity index (χ4v) is 2.82. The summed E-state index contributed by atoms with van der Waals surface area (Å²) < 4.78 is 5.30. The van der Waals surface area contributed by atoms with Gasteiger partial charge in [-0.25, -0.2) is 0 Å². The van der Waals surface area contributed by atoms with Crippen molar-refractivity contribution in [3.05, 3.63) is 51.7 Å². The fraction of sp³-hybridized carbons (Fsp3) is 0.312. The highest BCUT2D eigenvalue weighted by molar-refractivity contribution is 7.12. The number of hydrogen-bond acceptors (Lipinski definition) is 4. The van der Waals surface area contributed by atoms with Gasteiger partial charge < -0.3 is 10.1 Å².